The van der Waals surface area contributed by atoms with E-state index < -0.39 is 17.7 Å². The van der Waals surface area contributed by atoms with Gasteiger partial charge in [0.2, 0.25) is 0 Å². The Hall–Kier alpha value is -1.83. The van der Waals surface area contributed by atoms with Crippen LogP contribution < -0.4 is 0 Å². The molecule has 8 heteroatoms. The van der Waals surface area contributed by atoms with Gasteiger partial charge in [0.25, 0.3) is 0 Å². The Morgan fingerprint density at radius 3 is 2.57 bits per heavy atom. The molecule has 0 fully saturated rings. The summed E-state index contributed by atoms with van der Waals surface area (Å²) in [5.41, 5.74) is -0.627. The van der Waals surface area contributed by atoms with Crippen molar-refractivity contribution in [2.75, 3.05) is 6.61 Å². The van der Waals surface area contributed by atoms with Gasteiger partial charge in [0.15, 0.2) is 5.69 Å². The van der Waals surface area contributed by atoms with Gasteiger partial charge in [0, 0.05) is 16.6 Å². The molecule has 0 radical (unpaired) electrons. The number of aryl methyl sites for hydroxylation is 1. The second-order valence-corrected chi connectivity index (χ2v) is 5.55. The van der Waals surface area contributed by atoms with Crippen molar-refractivity contribution in [2.24, 2.45) is 0 Å². The summed E-state index contributed by atoms with van der Waals surface area (Å²) >= 11 is 3.05. The minimum atomic E-state index is -4.52. The fourth-order valence-electron chi connectivity index (χ4n) is 2.15. The van der Waals surface area contributed by atoms with Crippen LogP contribution in [0.3, 0.4) is 0 Å². The molecule has 0 saturated heterocycles. The summed E-state index contributed by atoms with van der Waals surface area (Å²) < 4.78 is 46.4. The van der Waals surface area contributed by atoms with Crippen LogP contribution in [0.1, 0.15) is 29.9 Å². The van der Waals surface area contributed by atoms with Gasteiger partial charge in [-0.2, -0.15) is 18.3 Å². The van der Waals surface area contributed by atoms with Crippen molar-refractivity contribution in [3.63, 3.8) is 0 Å². The number of carbonyl (C=O) groups is 1. The van der Waals surface area contributed by atoms with Gasteiger partial charge >= 0.3 is 12.1 Å². The first-order valence-corrected chi connectivity index (χ1v) is 7.69. The molecule has 0 aliphatic heterocycles. The lowest BCUT2D eigenvalue weighted by Gasteiger charge is -2.14. The number of nitrogens with zero attached hydrogens (tertiary/aromatic N) is 2. The first kappa shape index (κ1) is 17.5. The Labute approximate surface area is 139 Å². The quantitative estimate of drug-likeness (QED) is 0.720. The highest BCUT2D eigenvalue weighted by Gasteiger charge is 2.35. The third-order valence-electron chi connectivity index (χ3n) is 3.13. The number of carbonyl (C=O) groups excluding carboxylic acids is 1. The van der Waals surface area contributed by atoms with E-state index in [0.29, 0.717) is 11.0 Å². The van der Waals surface area contributed by atoms with Crippen LogP contribution in [0.2, 0.25) is 0 Å². The fraction of sp³-hybridized carbons (Fsp3) is 0.333. The monoisotopic (exact) mass is 390 g/mol. The lowest BCUT2D eigenvalue weighted by atomic mass is 10.0. The van der Waals surface area contributed by atoms with Crippen LogP contribution in [-0.2, 0) is 17.5 Å². The molecule has 1 aromatic carbocycles. The molecule has 2 rings (SSSR count). The van der Waals surface area contributed by atoms with Crippen molar-refractivity contribution in [1.82, 2.24) is 9.78 Å². The number of hydrogen-bond donors (Lipinski definition) is 0. The molecule has 0 atom stereocenters. The maximum Gasteiger partial charge on any atom is 0.417 e. The Morgan fingerprint density at radius 1 is 1.30 bits per heavy atom. The highest BCUT2D eigenvalue weighted by Crippen LogP contribution is 2.38. The zero-order valence-corrected chi connectivity index (χ0v) is 14.0. The third kappa shape index (κ3) is 3.74. The summed E-state index contributed by atoms with van der Waals surface area (Å²) in [7, 11) is 0. The molecule has 0 aliphatic rings. The molecule has 2 aromatic rings. The van der Waals surface area contributed by atoms with Gasteiger partial charge in [-0.15, -0.1) is 0 Å². The summed E-state index contributed by atoms with van der Waals surface area (Å²) in [4.78, 5) is 11.8. The highest BCUT2D eigenvalue weighted by molar-refractivity contribution is 9.10. The lowest BCUT2D eigenvalue weighted by Crippen LogP contribution is -2.09. The first-order chi connectivity index (χ1) is 10.8. The first-order valence-electron chi connectivity index (χ1n) is 6.90. The molecule has 1 heterocycles. The second-order valence-electron chi connectivity index (χ2n) is 4.64. The molecule has 0 amide bonds. The molecule has 0 spiro atoms. The van der Waals surface area contributed by atoms with Gasteiger partial charge in [-0.3, -0.25) is 4.68 Å². The van der Waals surface area contributed by atoms with E-state index in [0.717, 1.165) is 6.07 Å². The fourth-order valence-corrected chi connectivity index (χ4v) is 2.51. The number of hydrogen-bond acceptors (Lipinski definition) is 3. The summed E-state index contributed by atoms with van der Waals surface area (Å²) in [6.45, 7) is 3.87. The average molecular weight is 391 g/mol. The number of halogens is 4. The summed E-state index contributed by atoms with van der Waals surface area (Å²) in [6, 6.07) is 5.19. The molecule has 4 nitrogen and oxygen atoms in total. The van der Waals surface area contributed by atoms with Crippen molar-refractivity contribution < 1.29 is 22.7 Å². The normalized spacial score (nSPS) is 11.6. The molecule has 0 aliphatic carbocycles. The number of benzene rings is 1. The van der Waals surface area contributed by atoms with Crippen LogP contribution in [0.25, 0.3) is 11.3 Å². The van der Waals surface area contributed by atoms with Crippen LogP contribution in [-0.4, -0.2) is 22.4 Å². The number of ether oxygens (including phenoxy) is 1. The zero-order valence-electron chi connectivity index (χ0n) is 12.4. The van der Waals surface area contributed by atoms with E-state index in [9.17, 15) is 18.0 Å². The molecule has 0 saturated carbocycles. The number of aromatic nitrogens is 2. The number of alkyl halides is 3. The van der Waals surface area contributed by atoms with Crippen LogP contribution in [0.5, 0.6) is 0 Å². The van der Waals surface area contributed by atoms with Crippen molar-refractivity contribution in [3.8, 4) is 11.3 Å². The van der Waals surface area contributed by atoms with Crippen LogP contribution in [0.15, 0.2) is 28.7 Å². The molecule has 124 valence electrons. The Balaban J connectivity index is 2.60. The second kappa shape index (κ2) is 6.74. The largest absolute Gasteiger partial charge is 0.461 e. The van der Waals surface area contributed by atoms with E-state index >= 15 is 0 Å². The number of esters is 1. The number of rotatable bonds is 4. The predicted molar refractivity (Wildman–Crippen MR) is 82.0 cm³/mol. The zero-order chi connectivity index (χ0) is 17.2. The van der Waals surface area contributed by atoms with E-state index in [1.54, 1.807) is 13.8 Å². The van der Waals surface area contributed by atoms with Crippen molar-refractivity contribution in [3.05, 3.63) is 40.0 Å². The average Bonchev–Trinajstić information content (AvgIpc) is 2.90. The molecule has 0 N–H and O–H groups in total. The van der Waals surface area contributed by atoms with Gasteiger partial charge in [-0.25, -0.2) is 4.79 Å². The van der Waals surface area contributed by atoms with E-state index in [-0.39, 0.29) is 23.6 Å². The Kier molecular flexibility index (Phi) is 5.13. The molecule has 0 unspecified atom stereocenters. The third-order valence-corrected chi connectivity index (χ3v) is 3.62. The topological polar surface area (TPSA) is 44.1 Å². The minimum Gasteiger partial charge on any atom is -0.461 e. The van der Waals surface area contributed by atoms with Crippen LogP contribution >= 0.6 is 15.9 Å². The molecule has 23 heavy (non-hydrogen) atoms. The Morgan fingerprint density at radius 2 is 2.00 bits per heavy atom. The Bertz CT molecular complexity index is 726. The van der Waals surface area contributed by atoms with Gasteiger partial charge in [0.05, 0.1) is 17.9 Å². The maximum atomic E-state index is 13.3. The van der Waals surface area contributed by atoms with Crippen LogP contribution in [0.4, 0.5) is 13.2 Å². The summed E-state index contributed by atoms with van der Waals surface area (Å²) in [5, 5.41) is 4.03. The molecule has 0 bridgehead atoms. The van der Waals surface area contributed by atoms with Crippen molar-refractivity contribution in [2.45, 2.75) is 26.6 Å². The minimum absolute atomic E-state index is 0.0141. The molecule has 1 aromatic heterocycles. The van der Waals surface area contributed by atoms with E-state index in [2.05, 4.69) is 21.0 Å². The van der Waals surface area contributed by atoms with Gasteiger partial charge in [-0.05, 0) is 32.0 Å². The smallest absolute Gasteiger partial charge is 0.417 e. The van der Waals surface area contributed by atoms with Crippen molar-refractivity contribution in [1.29, 1.82) is 0 Å². The summed E-state index contributed by atoms with van der Waals surface area (Å²) in [6.07, 6.45) is -4.52. The lowest BCUT2D eigenvalue weighted by molar-refractivity contribution is -0.137. The molecular weight excluding hydrogens is 377 g/mol. The predicted octanol–water partition coefficient (Wildman–Crippen LogP) is 4.53. The van der Waals surface area contributed by atoms with Gasteiger partial charge in [-0.1, -0.05) is 22.0 Å². The van der Waals surface area contributed by atoms with Crippen molar-refractivity contribution >= 4 is 21.9 Å². The van der Waals surface area contributed by atoms with Crippen LogP contribution in [0, 0.1) is 0 Å². The SMILES string of the molecule is CCOC(=O)c1cc(-c2ccc(Br)cc2C(F)(F)F)n(CC)n1. The van der Waals surface area contributed by atoms with E-state index in [1.807, 2.05) is 0 Å². The standard InChI is InChI=1S/C15H14BrF3N2O2/c1-3-21-13(8-12(20-21)14(22)23-4-2)10-6-5-9(16)7-11(10)15(17,18)19/h5-8H,3-4H2,1-2H3. The maximum absolute atomic E-state index is 13.3. The van der Waals surface area contributed by atoms with Gasteiger partial charge in [0.1, 0.15) is 0 Å². The van der Waals surface area contributed by atoms with E-state index in [4.69, 9.17) is 4.74 Å². The summed E-state index contributed by atoms with van der Waals surface area (Å²) in [5.74, 6) is -0.661. The van der Waals surface area contributed by atoms with E-state index in [1.165, 1.54) is 22.9 Å². The van der Waals surface area contributed by atoms with Gasteiger partial charge < -0.3 is 4.74 Å². The highest BCUT2D eigenvalue weighted by atomic mass is 79.9. The molecular formula is C15H14BrF3N2O2.